The average Bonchev–Trinajstić information content (AvgIpc) is 2.55. The monoisotopic (exact) mass is 451 g/mol. The molecule has 0 saturated carbocycles. The summed E-state index contributed by atoms with van der Waals surface area (Å²) in [5, 5.41) is 9.32. The van der Waals surface area contributed by atoms with Gasteiger partial charge < -0.3 is 30.0 Å². The van der Waals surface area contributed by atoms with Crippen molar-refractivity contribution in [1.29, 1.82) is 0 Å². The Morgan fingerprint density at radius 2 is 1.55 bits per heavy atom. The van der Waals surface area contributed by atoms with Crippen LogP contribution in [0.2, 0.25) is 0 Å². The van der Waals surface area contributed by atoms with Crippen LogP contribution in [0.5, 0.6) is 0 Å². The van der Waals surface area contributed by atoms with E-state index in [1.54, 1.807) is 0 Å². The fourth-order valence-corrected chi connectivity index (χ4v) is 5.35. The Labute approximate surface area is 170 Å². The Balaban J connectivity index is 2.81. The number of hydrogen-bond donors (Lipinski definition) is 6. The second-order valence-corrected chi connectivity index (χ2v) is 11.7. The minimum Gasteiger partial charge on any atom is -0.368 e. The van der Waals surface area contributed by atoms with E-state index in [4.69, 9.17) is 0 Å². The minimum atomic E-state index is -5.45. The van der Waals surface area contributed by atoms with Crippen LogP contribution in [0.25, 0.3) is 0 Å². The molecule has 0 bridgehead atoms. The Kier molecular flexibility index (Phi) is 9.24. The van der Waals surface area contributed by atoms with Gasteiger partial charge in [0.2, 0.25) is 5.91 Å². The number of rotatable bonds is 11. The van der Waals surface area contributed by atoms with Crippen LogP contribution >= 0.6 is 15.2 Å². The molecule has 0 aromatic heterocycles. The standard InChI is InChI=1S/C18H31NO8P2/c1-13(2)12-15-7-9-16(10-8-15)17(19-14(3)20)6-4-5-11-18(21,28(22,23)24)29(25,26)27/h7-10,13,17,21H,4-6,11-12H2,1-3H3,(H,19,20)(H2,22,23,24)(H2,25,26,27). The summed E-state index contributed by atoms with van der Waals surface area (Å²) in [6.07, 6.45) is 0.771. The first kappa shape index (κ1) is 26.0. The molecule has 9 nitrogen and oxygen atoms in total. The first-order valence-electron chi connectivity index (χ1n) is 9.37. The van der Waals surface area contributed by atoms with E-state index in [0.29, 0.717) is 12.3 Å². The van der Waals surface area contributed by atoms with Gasteiger partial charge in [-0.3, -0.25) is 13.9 Å². The van der Waals surface area contributed by atoms with E-state index in [9.17, 15) is 38.6 Å². The zero-order valence-electron chi connectivity index (χ0n) is 16.9. The molecule has 29 heavy (non-hydrogen) atoms. The van der Waals surface area contributed by atoms with Crippen molar-refractivity contribution in [2.45, 2.75) is 64.0 Å². The zero-order valence-corrected chi connectivity index (χ0v) is 18.6. The smallest absolute Gasteiger partial charge is 0.368 e. The molecule has 0 aliphatic heterocycles. The third-order valence-electron chi connectivity index (χ3n) is 4.59. The van der Waals surface area contributed by atoms with Crippen molar-refractivity contribution in [3.8, 4) is 0 Å². The van der Waals surface area contributed by atoms with Gasteiger partial charge in [0.1, 0.15) is 0 Å². The molecule has 0 radical (unpaired) electrons. The Morgan fingerprint density at radius 3 is 1.97 bits per heavy atom. The van der Waals surface area contributed by atoms with Crippen LogP contribution in [0, 0.1) is 5.92 Å². The molecule has 6 N–H and O–H groups in total. The van der Waals surface area contributed by atoms with Crippen molar-refractivity contribution in [2.24, 2.45) is 5.92 Å². The molecule has 0 saturated heterocycles. The van der Waals surface area contributed by atoms with Crippen LogP contribution in [0.4, 0.5) is 0 Å². The number of carbonyl (C=O) groups excluding carboxylic acids is 1. The van der Waals surface area contributed by atoms with Crippen molar-refractivity contribution in [3.63, 3.8) is 0 Å². The molecular formula is C18H31NO8P2. The lowest BCUT2D eigenvalue weighted by molar-refractivity contribution is -0.119. The highest BCUT2D eigenvalue weighted by atomic mass is 31.2. The first-order valence-corrected chi connectivity index (χ1v) is 12.6. The van der Waals surface area contributed by atoms with Crippen LogP contribution in [-0.2, 0) is 20.3 Å². The molecule has 0 aliphatic rings. The van der Waals surface area contributed by atoms with Crippen LogP contribution in [0.1, 0.15) is 63.6 Å². The molecule has 0 spiro atoms. The number of unbranched alkanes of at least 4 members (excludes halogenated alkanes) is 1. The lowest BCUT2D eigenvalue weighted by atomic mass is 9.96. The Hall–Kier alpha value is -1.05. The van der Waals surface area contributed by atoms with Gasteiger partial charge >= 0.3 is 15.2 Å². The molecule has 0 fully saturated rings. The fourth-order valence-electron chi connectivity index (χ4n) is 3.10. The van der Waals surface area contributed by atoms with Gasteiger partial charge in [0.15, 0.2) is 0 Å². The van der Waals surface area contributed by atoms with Gasteiger partial charge in [0.05, 0.1) is 6.04 Å². The molecule has 1 aromatic carbocycles. The van der Waals surface area contributed by atoms with Crippen molar-refractivity contribution >= 4 is 21.1 Å². The van der Waals surface area contributed by atoms with Gasteiger partial charge in [-0.25, -0.2) is 0 Å². The molecule has 1 unspecified atom stereocenters. The average molecular weight is 451 g/mol. The third kappa shape index (κ3) is 7.61. The summed E-state index contributed by atoms with van der Waals surface area (Å²) in [5.74, 6) is 0.261. The number of aliphatic hydroxyl groups is 1. The second kappa shape index (κ2) is 10.3. The quantitative estimate of drug-likeness (QED) is 0.221. The van der Waals surface area contributed by atoms with Crippen LogP contribution < -0.4 is 5.32 Å². The molecule has 1 amide bonds. The van der Waals surface area contributed by atoms with E-state index in [0.717, 1.165) is 12.0 Å². The highest BCUT2D eigenvalue weighted by Crippen LogP contribution is 2.69. The van der Waals surface area contributed by atoms with Gasteiger partial charge in [-0.05, 0) is 42.7 Å². The SMILES string of the molecule is CC(=O)NC(CCCCC(O)(P(=O)(O)O)P(=O)(O)O)c1ccc(CC(C)C)cc1. The van der Waals surface area contributed by atoms with E-state index in [-0.39, 0.29) is 24.8 Å². The van der Waals surface area contributed by atoms with Crippen LogP contribution in [0.15, 0.2) is 24.3 Å². The van der Waals surface area contributed by atoms with E-state index in [2.05, 4.69) is 19.2 Å². The molecule has 1 aromatic rings. The zero-order chi connectivity index (χ0) is 22.5. The van der Waals surface area contributed by atoms with E-state index >= 15 is 0 Å². The molecule has 11 heteroatoms. The van der Waals surface area contributed by atoms with Crippen LogP contribution in [-0.4, -0.2) is 35.7 Å². The number of nitrogens with one attached hydrogen (secondary N) is 1. The summed E-state index contributed by atoms with van der Waals surface area (Å²) in [6.45, 7) is 5.61. The number of hydrogen-bond acceptors (Lipinski definition) is 4. The summed E-state index contributed by atoms with van der Waals surface area (Å²) in [7, 11) is -10.9. The molecule has 0 aliphatic carbocycles. The number of carbonyl (C=O) groups is 1. The summed E-state index contributed by atoms with van der Waals surface area (Å²) in [5.41, 5.74) is 2.02. The van der Waals surface area contributed by atoms with E-state index in [1.807, 2.05) is 24.3 Å². The first-order chi connectivity index (χ1) is 13.2. The van der Waals surface area contributed by atoms with Crippen LogP contribution in [0.3, 0.4) is 0 Å². The summed E-state index contributed by atoms with van der Waals surface area (Å²) in [6, 6.07) is 7.40. The molecule has 0 heterocycles. The topological polar surface area (TPSA) is 164 Å². The summed E-state index contributed by atoms with van der Waals surface area (Å²) < 4.78 is 22.8. The van der Waals surface area contributed by atoms with Crippen molar-refractivity contribution in [1.82, 2.24) is 5.32 Å². The largest absolute Gasteiger partial charge is 0.369 e. The molecule has 1 rings (SSSR count). The predicted molar refractivity (Wildman–Crippen MR) is 109 cm³/mol. The van der Waals surface area contributed by atoms with Gasteiger partial charge in [-0.1, -0.05) is 44.5 Å². The van der Waals surface area contributed by atoms with Gasteiger partial charge in [0.25, 0.3) is 5.08 Å². The molecule has 1 atom stereocenters. The maximum Gasteiger partial charge on any atom is 0.369 e. The fraction of sp³-hybridized carbons (Fsp3) is 0.611. The molecular weight excluding hydrogens is 420 g/mol. The lowest BCUT2D eigenvalue weighted by Gasteiger charge is -2.29. The van der Waals surface area contributed by atoms with E-state index < -0.39 is 26.7 Å². The van der Waals surface area contributed by atoms with Crippen molar-refractivity contribution < 1.29 is 38.6 Å². The maximum absolute atomic E-state index is 11.5. The molecule has 166 valence electrons. The third-order valence-corrected chi connectivity index (χ3v) is 8.47. The highest BCUT2D eigenvalue weighted by Gasteiger charge is 2.58. The van der Waals surface area contributed by atoms with E-state index in [1.165, 1.54) is 12.5 Å². The van der Waals surface area contributed by atoms with Crippen molar-refractivity contribution in [3.05, 3.63) is 35.4 Å². The maximum atomic E-state index is 11.5. The highest BCUT2D eigenvalue weighted by molar-refractivity contribution is 7.72. The number of amides is 1. The number of benzene rings is 1. The Morgan fingerprint density at radius 1 is 1.03 bits per heavy atom. The van der Waals surface area contributed by atoms with Gasteiger partial charge in [-0.2, -0.15) is 0 Å². The Bertz CT molecular complexity index is 747. The minimum absolute atomic E-state index is 0.0474. The lowest BCUT2D eigenvalue weighted by Crippen LogP contribution is -2.29. The predicted octanol–water partition coefficient (Wildman–Crippen LogP) is 2.62. The van der Waals surface area contributed by atoms with Gasteiger partial charge in [-0.15, -0.1) is 0 Å². The summed E-state index contributed by atoms with van der Waals surface area (Å²) >= 11 is 0. The van der Waals surface area contributed by atoms with Gasteiger partial charge in [0, 0.05) is 6.92 Å². The second-order valence-electron chi connectivity index (χ2n) is 7.70. The summed E-state index contributed by atoms with van der Waals surface area (Å²) in [4.78, 5) is 48.2. The van der Waals surface area contributed by atoms with Crippen molar-refractivity contribution in [2.75, 3.05) is 0 Å². The normalized spacial score (nSPS) is 14.1.